The van der Waals surface area contributed by atoms with E-state index in [2.05, 4.69) is 101 Å². The van der Waals surface area contributed by atoms with E-state index in [0.29, 0.717) is 0 Å². The van der Waals surface area contributed by atoms with Gasteiger partial charge in [-0.1, -0.05) is 85.7 Å². The molecule has 2 rings (SSSR count). The van der Waals surface area contributed by atoms with Crippen LogP contribution in [0.4, 0.5) is 0 Å². The van der Waals surface area contributed by atoms with Crippen LogP contribution in [0.3, 0.4) is 0 Å². The van der Waals surface area contributed by atoms with Crippen molar-refractivity contribution in [3.63, 3.8) is 0 Å². The van der Waals surface area contributed by atoms with E-state index < -0.39 is 0 Å². The molecule has 1 heterocycles. The fraction of sp³-hybridized carbons (Fsp3) is 0.625. The minimum absolute atomic E-state index is 0.0579. The second kappa shape index (κ2) is 7.21. The van der Waals surface area contributed by atoms with E-state index in [-0.39, 0.29) is 21.7 Å². The van der Waals surface area contributed by atoms with E-state index >= 15 is 0 Å². The highest BCUT2D eigenvalue weighted by molar-refractivity contribution is 5.31. The summed E-state index contributed by atoms with van der Waals surface area (Å²) in [6, 6.07) is 11.2. The van der Waals surface area contributed by atoms with Crippen LogP contribution in [0, 0.1) is 16.2 Å². The van der Waals surface area contributed by atoms with Crippen LogP contribution < -0.4 is 4.57 Å². The predicted octanol–water partition coefficient (Wildman–Crippen LogP) is 6.14. The monoisotopic (exact) mass is 355 g/mol. The molecule has 1 unspecified atom stereocenters. The second-order valence-corrected chi connectivity index (χ2v) is 10.2. The largest absolute Gasteiger partial charge is 0.250 e. The summed E-state index contributed by atoms with van der Waals surface area (Å²) < 4.78 is 2.24. The van der Waals surface area contributed by atoms with Gasteiger partial charge in [0.2, 0.25) is 6.33 Å². The fourth-order valence-electron chi connectivity index (χ4n) is 4.53. The maximum Gasteiger partial charge on any atom is 0.241 e. The number of nitrogens with zero attached hydrogens (tertiary/aromatic N) is 1. The van der Waals surface area contributed by atoms with E-state index in [4.69, 9.17) is 0 Å². The van der Waals surface area contributed by atoms with Crippen LogP contribution in [0.2, 0.25) is 0 Å². The van der Waals surface area contributed by atoms with Crippen molar-refractivity contribution in [3.05, 3.63) is 54.6 Å². The number of aromatic amines is 1. The SMILES string of the molecule is CC(C)(C)C(C)(C)C(C)(c1ccccc1)C(C)(C)CCC[n+]1cc[nH]c1. The highest BCUT2D eigenvalue weighted by Crippen LogP contribution is 2.61. The van der Waals surface area contributed by atoms with Gasteiger partial charge in [-0.3, -0.25) is 4.98 Å². The molecule has 2 nitrogen and oxygen atoms in total. The first-order chi connectivity index (χ1) is 11.9. The third-order valence-electron chi connectivity index (χ3n) is 7.65. The fourth-order valence-corrected chi connectivity index (χ4v) is 4.53. The van der Waals surface area contributed by atoms with Crippen molar-refractivity contribution in [2.75, 3.05) is 0 Å². The molecule has 1 N–H and O–H groups in total. The molecular weight excluding hydrogens is 316 g/mol. The number of hydrogen-bond acceptors (Lipinski definition) is 0. The first-order valence-electron chi connectivity index (χ1n) is 10.0. The first kappa shape index (κ1) is 20.7. The Bertz CT molecular complexity index is 675. The van der Waals surface area contributed by atoms with E-state index in [1.807, 2.05) is 12.5 Å². The Morgan fingerprint density at radius 3 is 2.00 bits per heavy atom. The number of aromatic nitrogens is 2. The summed E-state index contributed by atoms with van der Waals surface area (Å²) in [5.41, 5.74) is 2.01. The van der Waals surface area contributed by atoms with Gasteiger partial charge in [-0.25, -0.2) is 4.57 Å². The molecule has 0 aliphatic rings. The lowest BCUT2D eigenvalue weighted by Crippen LogP contribution is -2.56. The van der Waals surface area contributed by atoms with Crippen LogP contribution in [-0.4, -0.2) is 4.98 Å². The molecule has 2 aromatic rings. The van der Waals surface area contributed by atoms with Gasteiger partial charge in [0, 0.05) is 5.41 Å². The molecule has 0 fully saturated rings. The van der Waals surface area contributed by atoms with Crippen LogP contribution >= 0.6 is 0 Å². The lowest BCUT2D eigenvalue weighted by atomic mass is 9.44. The minimum Gasteiger partial charge on any atom is -0.250 e. The molecule has 0 saturated heterocycles. The minimum atomic E-state index is 0.0579. The average Bonchev–Trinajstić information content (AvgIpc) is 3.06. The predicted molar refractivity (Wildman–Crippen MR) is 111 cm³/mol. The molecule has 0 aliphatic carbocycles. The Morgan fingerprint density at radius 2 is 1.50 bits per heavy atom. The van der Waals surface area contributed by atoms with Gasteiger partial charge in [0.05, 0.1) is 6.54 Å². The Hall–Kier alpha value is -1.57. The Kier molecular flexibility index (Phi) is 5.75. The maximum atomic E-state index is 3.14. The summed E-state index contributed by atoms with van der Waals surface area (Å²) in [5, 5.41) is 0. The molecule has 26 heavy (non-hydrogen) atoms. The Balaban J connectivity index is 2.39. The standard InChI is InChI=1S/C24H38N2/c1-21(2,3)23(6,7)24(8,20-13-10-9-11-14-20)22(4,5)15-12-17-26-18-16-25-19-26/h9-11,13-14,16,18-19H,12,15,17H2,1-8H3/p+1. The smallest absolute Gasteiger partial charge is 0.241 e. The van der Waals surface area contributed by atoms with Crippen molar-refractivity contribution in [2.45, 2.75) is 80.2 Å². The zero-order valence-corrected chi connectivity index (χ0v) is 18.2. The summed E-state index contributed by atoms with van der Waals surface area (Å²) >= 11 is 0. The highest BCUT2D eigenvalue weighted by Gasteiger charge is 2.56. The zero-order valence-electron chi connectivity index (χ0n) is 18.2. The molecular formula is C24H39N2+. The summed E-state index contributed by atoms with van der Waals surface area (Å²) in [4.78, 5) is 3.14. The number of rotatable bonds is 7. The zero-order chi connectivity index (χ0) is 19.6. The van der Waals surface area contributed by atoms with Crippen molar-refractivity contribution in [1.29, 1.82) is 0 Å². The molecule has 0 saturated carbocycles. The van der Waals surface area contributed by atoms with Gasteiger partial charge < -0.3 is 0 Å². The van der Waals surface area contributed by atoms with Crippen molar-refractivity contribution < 1.29 is 4.57 Å². The van der Waals surface area contributed by atoms with E-state index in [9.17, 15) is 0 Å². The number of nitrogens with one attached hydrogen (secondary N) is 1. The molecule has 0 amide bonds. The van der Waals surface area contributed by atoms with Gasteiger partial charge >= 0.3 is 0 Å². The third-order valence-corrected chi connectivity index (χ3v) is 7.65. The first-order valence-corrected chi connectivity index (χ1v) is 10.0. The summed E-state index contributed by atoms with van der Waals surface area (Å²) in [7, 11) is 0. The van der Waals surface area contributed by atoms with Crippen molar-refractivity contribution >= 4 is 0 Å². The molecule has 0 aliphatic heterocycles. The number of aryl methyl sites for hydroxylation is 1. The number of H-pyrrole nitrogens is 1. The van der Waals surface area contributed by atoms with Gasteiger partial charge in [-0.2, -0.15) is 0 Å². The summed E-state index contributed by atoms with van der Waals surface area (Å²) in [5.74, 6) is 0. The number of imidazole rings is 1. The van der Waals surface area contributed by atoms with Crippen LogP contribution in [0.25, 0.3) is 0 Å². The number of benzene rings is 1. The van der Waals surface area contributed by atoms with Crippen LogP contribution in [-0.2, 0) is 12.0 Å². The molecule has 1 atom stereocenters. The Labute approximate surface area is 161 Å². The number of hydrogen-bond donors (Lipinski definition) is 1. The lowest BCUT2D eigenvalue weighted by Gasteiger charge is -2.60. The second-order valence-electron chi connectivity index (χ2n) is 10.2. The quantitative estimate of drug-likeness (QED) is 0.576. The van der Waals surface area contributed by atoms with Crippen molar-refractivity contribution in [3.8, 4) is 0 Å². The van der Waals surface area contributed by atoms with E-state index in [1.54, 1.807) is 0 Å². The third kappa shape index (κ3) is 3.61. The summed E-state index contributed by atoms with van der Waals surface area (Å²) in [6.45, 7) is 20.6. The average molecular weight is 356 g/mol. The van der Waals surface area contributed by atoms with Crippen molar-refractivity contribution in [1.82, 2.24) is 4.98 Å². The molecule has 0 spiro atoms. The van der Waals surface area contributed by atoms with E-state index in [1.165, 1.54) is 18.4 Å². The Morgan fingerprint density at radius 1 is 0.885 bits per heavy atom. The van der Waals surface area contributed by atoms with Gasteiger partial charge in [0.25, 0.3) is 0 Å². The molecule has 1 aromatic heterocycles. The highest BCUT2D eigenvalue weighted by atomic mass is 15.0. The molecule has 144 valence electrons. The van der Waals surface area contributed by atoms with Gasteiger partial charge in [0.15, 0.2) is 0 Å². The molecule has 1 aromatic carbocycles. The van der Waals surface area contributed by atoms with Crippen molar-refractivity contribution in [2.24, 2.45) is 16.2 Å². The molecule has 0 bridgehead atoms. The van der Waals surface area contributed by atoms with Gasteiger partial charge in [0.1, 0.15) is 12.4 Å². The molecule has 2 heteroatoms. The van der Waals surface area contributed by atoms with Crippen LogP contribution in [0.5, 0.6) is 0 Å². The van der Waals surface area contributed by atoms with Gasteiger partial charge in [-0.05, 0) is 34.7 Å². The van der Waals surface area contributed by atoms with E-state index in [0.717, 1.165) is 6.54 Å². The maximum absolute atomic E-state index is 3.14. The normalized spacial score (nSPS) is 15.7. The lowest BCUT2D eigenvalue weighted by molar-refractivity contribution is -0.696. The topological polar surface area (TPSA) is 19.7 Å². The molecule has 0 radical (unpaired) electrons. The van der Waals surface area contributed by atoms with Crippen LogP contribution in [0.1, 0.15) is 73.8 Å². The van der Waals surface area contributed by atoms with Crippen LogP contribution in [0.15, 0.2) is 49.1 Å². The van der Waals surface area contributed by atoms with Gasteiger partial charge in [-0.15, -0.1) is 0 Å². The summed E-state index contributed by atoms with van der Waals surface area (Å²) in [6.07, 6.45) is 8.52.